The smallest absolute Gasteiger partial charge is 0.127 e. The number of benzene rings is 1. The summed E-state index contributed by atoms with van der Waals surface area (Å²) in [6.07, 6.45) is 2.71. The van der Waals surface area contributed by atoms with E-state index in [9.17, 15) is 4.39 Å². The molecule has 2 atom stereocenters. The zero-order valence-corrected chi connectivity index (χ0v) is 13.7. The molecule has 4 nitrogen and oxygen atoms in total. The van der Waals surface area contributed by atoms with E-state index in [-0.39, 0.29) is 5.82 Å². The molecule has 0 radical (unpaired) electrons. The Bertz CT molecular complexity index is 564. The van der Waals surface area contributed by atoms with Gasteiger partial charge in [-0.2, -0.15) is 0 Å². The first-order valence-electron chi connectivity index (χ1n) is 8.63. The van der Waals surface area contributed by atoms with Crippen molar-refractivity contribution < 1.29 is 13.9 Å². The van der Waals surface area contributed by atoms with Gasteiger partial charge in [0, 0.05) is 43.8 Å². The number of halogens is 1. The Kier molecular flexibility index (Phi) is 4.26. The van der Waals surface area contributed by atoms with Gasteiger partial charge in [-0.3, -0.25) is 9.80 Å². The van der Waals surface area contributed by atoms with Gasteiger partial charge >= 0.3 is 0 Å². The fourth-order valence-electron chi connectivity index (χ4n) is 4.01. The summed E-state index contributed by atoms with van der Waals surface area (Å²) < 4.78 is 25.1. The van der Waals surface area contributed by atoms with Crippen molar-refractivity contribution in [3.05, 3.63) is 29.6 Å². The van der Waals surface area contributed by atoms with Gasteiger partial charge in [0.25, 0.3) is 0 Å². The molecule has 0 aromatic heterocycles. The van der Waals surface area contributed by atoms with Crippen molar-refractivity contribution >= 4 is 0 Å². The minimum atomic E-state index is -0.149. The highest BCUT2D eigenvalue weighted by atomic mass is 19.1. The van der Waals surface area contributed by atoms with Gasteiger partial charge in [-0.25, -0.2) is 4.39 Å². The van der Waals surface area contributed by atoms with Crippen LogP contribution in [0.15, 0.2) is 18.2 Å². The monoisotopic (exact) mass is 320 g/mol. The first-order valence-corrected chi connectivity index (χ1v) is 8.63. The Balaban J connectivity index is 1.42. The number of morpholine rings is 1. The zero-order valence-electron chi connectivity index (χ0n) is 13.7. The lowest BCUT2D eigenvalue weighted by atomic mass is 10.0. The van der Waals surface area contributed by atoms with E-state index in [4.69, 9.17) is 9.47 Å². The molecule has 1 aromatic rings. The quantitative estimate of drug-likeness (QED) is 0.848. The molecular weight excluding hydrogens is 295 g/mol. The predicted molar refractivity (Wildman–Crippen MR) is 86.1 cm³/mol. The summed E-state index contributed by atoms with van der Waals surface area (Å²) in [6, 6.07) is 6.05. The van der Waals surface area contributed by atoms with Crippen molar-refractivity contribution in [1.82, 2.24) is 9.80 Å². The Morgan fingerprint density at radius 2 is 2.13 bits per heavy atom. The lowest BCUT2D eigenvalue weighted by Crippen LogP contribution is -2.62. The second kappa shape index (κ2) is 6.38. The summed E-state index contributed by atoms with van der Waals surface area (Å²) in [6.45, 7) is 5.37. The van der Waals surface area contributed by atoms with Gasteiger partial charge in [0.1, 0.15) is 11.6 Å². The van der Waals surface area contributed by atoms with E-state index in [0.29, 0.717) is 24.2 Å². The Morgan fingerprint density at radius 3 is 2.91 bits per heavy atom. The highest BCUT2D eigenvalue weighted by Gasteiger charge is 2.42. The molecule has 3 fully saturated rings. The van der Waals surface area contributed by atoms with Gasteiger partial charge in [0.2, 0.25) is 0 Å². The predicted octanol–water partition coefficient (Wildman–Crippen LogP) is 2.13. The van der Waals surface area contributed by atoms with Gasteiger partial charge in [-0.1, -0.05) is 0 Å². The van der Waals surface area contributed by atoms with Crippen LogP contribution in [0.2, 0.25) is 0 Å². The van der Waals surface area contributed by atoms with Crippen LogP contribution in [0.4, 0.5) is 4.39 Å². The van der Waals surface area contributed by atoms with Crippen molar-refractivity contribution in [2.45, 2.75) is 31.5 Å². The Labute approximate surface area is 137 Å². The van der Waals surface area contributed by atoms with E-state index >= 15 is 0 Å². The summed E-state index contributed by atoms with van der Waals surface area (Å²) in [5.74, 6) is 1.42. The Hall–Kier alpha value is -1.17. The average Bonchev–Trinajstić information content (AvgIpc) is 3.41. The van der Waals surface area contributed by atoms with Crippen LogP contribution in [0.3, 0.4) is 0 Å². The molecule has 0 N–H and O–H groups in total. The number of fused-ring (bicyclic) bond motifs is 1. The van der Waals surface area contributed by atoms with Gasteiger partial charge in [0.15, 0.2) is 0 Å². The Morgan fingerprint density at radius 1 is 1.26 bits per heavy atom. The number of hydrogen-bond acceptors (Lipinski definition) is 4. The van der Waals surface area contributed by atoms with Crippen molar-refractivity contribution in [3.63, 3.8) is 0 Å². The topological polar surface area (TPSA) is 24.9 Å². The molecule has 0 amide bonds. The van der Waals surface area contributed by atoms with Crippen LogP contribution in [0, 0.1) is 11.7 Å². The maximum atomic E-state index is 14.1. The third-order valence-electron chi connectivity index (χ3n) is 5.45. The molecule has 2 saturated heterocycles. The second-order valence-corrected chi connectivity index (χ2v) is 7.03. The van der Waals surface area contributed by atoms with E-state index in [2.05, 4.69) is 9.80 Å². The second-order valence-electron chi connectivity index (χ2n) is 7.03. The van der Waals surface area contributed by atoms with E-state index in [1.54, 1.807) is 13.2 Å². The molecule has 1 aromatic carbocycles. The minimum Gasteiger partial charge on any atom is -0.497 e. The molecule has 2 aliphatic heterocycles. The summed E-state index contributed by atoms with van der Waals surface area (Å²) in [7, 11) is 1.62. The molecule has 4 rings (SSSR count). The molecule has 0 unspecified atom stereocenters. The van der Waals surface area contributed by atoms with Gasteiger partial charge in [0.05, 0.1) is 20.3 Å². The van der Waals surface area contributed by atoms with E-state index < -0.39 is 0 Å². The maximum Gasteiger partial charge on any atom is 0.127 e. The van der Waals surface area contributed by atoms with Crippen molar-refractivity contribution in [3.8, 4) is 5.75 Å². The molecule has 3 aliphatic rings. The largest absolute Gasteiger partial charge is 0.497 e. The van der Waals surface area contributed by atoms with Crippen molar-refractivity contribution in [2.75, 3.05) is 40.0 Å². The number of hydrogen-bond donors (Lipinski definition) is 0. The van der Waals surface area contributed by atoms with Crippen LogP contribution in [-0.4, -0.2) is 61.8 Å². The molecule has 5 heteroatoms. The molecule has 2 heterocycles. The van der Waals surface area contributed by atoms with E-state index in [1.165, 1.54) is 18.9 Å². The lowest BCUT2D eigenvalue weighted by molar-refractivity contribution is -0.0881. The first kappa shape index (κ1) is 15.4. The van der Waals surface area contributed by atoms with E-state index in [0.717, 1.165) is 44.5 Å². The summed E-state index contributed by atoms with van der Waals surface area (Å²) >= 11 is 0. The molecular formula is C18H25FN2O2. The fraction of sp³-hybridized carbons (Fsp3) is 0.667. The van der Waals surface area contributed by atoms with Gasteiger partial charge in [-0.15, -0.1) is 0 Å². The van der Waals surface area contributed by atoms with Crippen molar-refractivity contribution in [1.29, 1.82) is 0 Å². The molecule has 1 aliphatic carbocycles. The van der Waals surface area contributed by atoms with Crippen molar-refractivity contribution in [2.24, 2.45) is 5.92 Å². The molecule has 126 valence electrons. The number of rotatable bonds is 4. The zero-order chi connectivity index (χ0) is 15.8. The average molecular weight is 320 g/mol. The number of ether oxygens (including phenoxy) is 2. The van der Waals surface area contributed by atoms with Crippen LogP contribution in [0.1, 0.15) is 18.4 Å². The first-order chi connectivity index (χ1) is 11.2. The highest BCUT2D eigenvalue weighted by molar-refractivity contribution is 5.29. The highest BCUT2D eigenvalue weighted by Crippen LogP contribution is 2.38. The summed E-state index contributed by atoms with van der Waals surface area (Å²) in [4.78, 5) is 5.00. The summed E-state index contributed by atoms with van der Waals surface area (Å²) in [5, 5.41) is 0. The minimum absolute atomic E-state index is 0.149. The molecule has 23 heavy (non-hydrogen) atoms. The van der Waals surface area contributed by atoms with Crippen LogP contribution in [0.5, 0.6) is 5.75 Å². The molecule has 0 bridgehead atoms. The van der Waals surface area contributed by atoms with Crippen LogP contribution >= 0.6 is 0 Å². The third-order valence-corrected chi connectivity index (χ3v) is 5.45. The third kappa shape index (κ3) is 3.23. The van der Waals surface area contributed by atoms with E-state index in [1.807, 2.05) is 6.07 Å². The van der Waals surface area contributed by atoms with Gasteiger partial charge < -0.3 is 9.47 Å². The van der Waals surface area contributed by atoms with Crippen LogP contribution < -0.4 is 4.74 Å². The van der Waals surface area contributed by atoms with Crippen LogP contribution in [-0.2, 0) is 11.3 Å². The molecule has 1 saturated carbocycles. The standard InChI is InChI=1S/C18H25FN2O2/c1-22-16-4-5-17(19)14(8-16)9-20-6-7-21-15(10-20)11-23-12-18(21)13-2-3-13/h4-5,8,13,15,18H,2-3,6-7,9-12H2,1H3/t15-,18-/m1/s1. The maximum absolute atomic E-state index is 14.1. The number of methoxy groups -OCH3 is 1. The lowest BCUT2D eigenvalue weighted by Gasteiger charge is -2.48. The molecule has 0 spiro atoms. The SMILES string of the molecule is COc1ccc(F)c(CN2CCN3[C@@H](COC[C@@H]3C3CC3)C2)c1. The normalized spacial score (nSPS) is 29.3. The number of piperazine rings is 1. The van der Waals surface area contributed by atoms with Crippen LogP contribution in [0.25, 0.3) is 0 Å². The summed E-state index contributed by atoms with van der Waals surface area (Å²) in [5.41, 5.74) is 0.716. The number of nitrogens with zero attached hydrogens (tertiary/aromatic N) is 2. The van der Waals surface area contributed by atoms with Gasteiger partial charge in [-0.05, 0) is 37.0 Å². The fourth-order valence-corrected chi connectivity index (χ4v) is 4.01.